The topological polar surface area (TPSA) is 71.9 Å². The maximum atomic E-state index is 5.52. The predicted molar refractivity (Wildman–Crippen MR) is 96.7 cm³/mol. The molecule has 0 amide bonds. The number of aryl methyl sites for hydroxylation is 1. The lowest BCUT2D eigenvalue weighted by Gasteiger charge is -2.20. The van der Waals surface area contributed by atoms with E-state index in [0.717, 1.165) is 56.4 Å². The van der Waals surface area contributed by atoms with Crippen LogP contribution in [-0.2, 0) is 24.1 Å². The molecule has 0 spiro atoms. The van der Waals surface area contributed by atoms with Crippen LogP contribution in [0.25, 0.3) is 11.5 Å². The molecule has 2 aromatic heterocycles. The van der Waals surface area contributed by atoms with Gasteiger partial charge in [0, 0.05) is 38.0 Å². The quantitative estimate of drug-likeness (QED) is 0.902. The first-order chi connectivity index (χ1) is 12.2. The summed E-state index contributed by atoms with van der Waals surface area (Å²) in [5.41, 5.74) is 3.62. The molecule has 2 aromatic rings. The Morgan fingerprint density at radius 2 is 2.08 bits per heavy atom. The molecular formula is C18H28N6O. The van der Waals surface area contributed by atoms with Crippen molar-refractivity contribution in [3.8, 4) is 11.5 Å². The first-order valence-electron chi connectivity index (χ1n) is 9.44. The first kappa shape index (κ1) is 16.6. The van der Waals surface area contributed by atoms with Crippen molar-refractivity contribution in [2.45, 2.75) is 58.6 Å². The van der Waals surface area contributed by atoms with E-state index in [0.29, 0.717) is 5.92 Å². The lowest BCUT2D eigenvalue weighted by molar-refractivity contribution is 0.121. The Morgan fingerprint density at radius 3 is 2.84 bits per heavy atom. The summed E-state index contributed by atoms with van der Waals surface area (Å²) in [5, 5.41) is 17.0. The third-order valence-electron chi connectivity index (χ3n) is 5.31. The lowest BCUT2D eigenvalue weighted by Crippen LogP contribution is -2.26. The predicted octanol–water partition coefficient (Wildman–Crippen LogP) is 2.43. The molecule has 136 valence electrons. The summed E-state index contributed by atoms with van der Waals surface area (Å²) in [6.45, 7) is 7.21. The summed E-state index contributed by atoms with van der Waals surface area (Å²) < 4.78 is 7.78. The third-order valence-corrected chi connectivity index (χ3v) is 5.31. The minimum Gasteiger partial charge on any atom is -0.380 e. The minimum absolute atomic E-state index is 0.283. The highest BCUT2D eigenvalue weighted by molar-refractivity contribution is 5.59. The van der Waals surface area contributed by atoms with E-state index in [4.69, 9.17) is 4.74 Å². The van der Waals surface area contributed by atoms with E-state index in [1.165, 1.54) is 24.1 Å². The van der Waals surface area contributed by atoms with Crippen LogP contribution < -0.4 is 4.90 Å². The Hall–Kier alpha value is -1.89. The van der Waals surface area contributed by atoms with E-state index in [-0.39, 0.29) is 6.10 Å². The number of hydrogen-bond donors (Lipinski definition) is 1. The zero-order valence-corrected chi connectivity index (χ0v) is 15.5. The van der Waals surface area contributed by atoms with Crippen LogP contribution in [-0.4, -0.2) is 51.3 Å². The Morgan fingerprint density at radius 1 is 1.24 bits per heavy atom. The van der Waals surface area contributed by atoms with E-state index in [1.807, 2.05) is 0 Å². The molecule has 25 heavy (non-hydrogen) atoms. The van der Waals surface area contributed by atoms with Gasteiger partial charge in [0.15, 0.2) is 5.82 Å². The highest BCUT2D eigenvalue weighted by Crippen LogP contribution is 2.31. The molecule has 0 saturated carbocycles. The minimum atomic E-state index is 0.283. The van der Waals surface area contributed by atoms with Crippen molar-refractivity contribution in [2.24, 2.45) is 5.92 Å². The molecule has 0 unspecified atom stereocenters. The number of anilines is 1. The molecule has 0 aromatic carbocycles. The Labute approximate surface area is 148 Å². The van der Waals surface area contributed by atoms with Crippen molar-refractivity contribution >= 4 is 5.95 Å². The smallest absolute Gasteiger partial charge is 0.227 e. The number of rotatable bonds is 5. The van der Waals surface area contributed by atoms with Crippen molar-refractivity contribution in [3.63, 3.8) is 0 Å². The van der Waals surface area contributed by atoms with Gasteiger partial charge in [-0.1, -0.05) is 13.8 Å². The Balaban J connectivity index is 1.72. The van der Waals surface area contributed by atoms with Crippen LogP contribution in [0.2, 0.25) is 0 Å². The molecule has 1 atom stereocenters. The van der Waals surface area contributed by atoms with Crippen LogP contribution in [0.1, 0.15) is 44.4 Å². The first-order valence-corrected chi connectivity index (χ1v) is 9.44. The average molecular weight is 344 g/mol. The maximum absolute atomic E-state index is 5.52. The van der Waals surface area contributed by atoms with Crippen LogP contribution in [0.15, 0.2) is 0 Å². The number of nitrogens with zero attached hydrogens (tertiary/aromatic N) is 5. The molecule has 7 heteroatoms. The number of nitrogens with one attached hydrogen (secondary N) is 1. The van der Waals surface area contributed by atoms with E-state index < -0.39 is 0 Å². The van der Waals surface area contributed by atoms with Crippen LogP contribution in [0.4, 0.5) is 5.95 Å². The highest BCUT2D eigenvalue weighted by atomic mass is 16.5. The molecule has 1 fully saturated rings. The van der Waals surface area contributed by atoms with Gasteiger partial charge >= 0.3 is 0 Å². The van der Waals surface area contributed by atoms with Crippen molar-refractivity contribution in [1.82, 2.24) is 25.0 Å². The second-order valence-electron chi connectivity index (χ2n) is 7.66. The molecule has 1 saturated heterocycles. The second kappa shape index (κ2) is 6.78. The van der Waals surface area contributed by atoms with Crippen molar-refractivity contribution in [3.05, 3.63) is 11.3 Å². The largest absolute Gasteiger partial charge is 0.380 e. The van der Waals surface area contributed by atoms with Crippen molar-refractivity contribution < 1.29 is 4.74 Å². The van der Waals surface area contributed by atoms with Gasteiger partial charge in [-0.15, -0.1) is 10.2 Å². The summed E-state index contributed by atoms with van der Waals surface area (Å²) in [6, 6.07) is 0. The number of hydrogen-bond acceptors (Lipinski definition) is 5. The molecule has 0 bridgehead atoms. The van der Waals surface area contributed by atoms with Crippen molar-refractivity contribution in [2.75, 3.05) is 25.1 Å². The van der Waals surface area contributed by atoms with Gasteiger partial charge in [-0.05, 0) is 38.0 Å². The molecule has 7 nitrogen and oxygen atoms in total. The standard InChI is InChI=1S/C18H28N6O/c1-12(2)10-24-17(16-14-6-4-5-7-15(14)19-20-16)21-22-18(24)23-9-8-13(11-23)25-3/h12-13H,4-11H2,1-3H3,(H,19,20)/t13-/m0/s1. The monoisotopic (exact) mass is 344 g/mol. The zero-order valence-electron chi connectivity index (χ0n) is 15.5. The van der Waals surface area contributed by atoms with Crippen LogP contribution >= 0.6 is 0 Å². The molecule has 2 aliphatic rings. The summed E-state index contributed by atoms with van der Waals surface area (Å²) in [4.78, 5) is 2.30. The third kappa shape index (κ3) is 3.05. The van der Waals surface area contributed by atoms with Gasteiger partial charge in [0.2, 0.25) is 5.95 Å². The van der Waals surface area contributed by atoms with E-state index >= 15 is 0 Å². The number of aromatic amines is 1. The normalized spacial score (nSPS) is 20.5. The molecule has 3 heterocycles. The number of H-pyrrole nitrogens is 1. The van der Waals surface area contributed by atoms with Crippen LogP contribution in [0, 0.1) is 5.92 Å². The fourth-order valence-corrected chi connectivity index (χ4v) is 4.01. The maximum Gasteiger partial charge on any atom is 0.227 e. The van der Waals surface area contributed by atoms with Gasteiger partial charge in [-0.3, -0.25) is 9.67 Å². The van der Waals surface area contributed by atoms with Crippen LogP contribution in [0.3, 0.4) is 0 Å². The van der Waals surface area contributed by atoms with Gasteiger partial charge in [0.05, 0.1) is 6.10 Å². The zero-order chi connectivity index (χ0) is 17.4. The summed E-state index contributed by atoms with van der Waals surface area (Å²) in [7, 11) is 1.79. The molecule has 4 rings (SSSR count). The van der Waals surface area contributed by atoms with E-state index in [1.54, 1.807) is 7.11 Å². The second-order valence-corrected chi connectivity index (χ2v) is 7.66. The van der Waals surface area contributed by atoms with Crippen molar-refractivity contribution in [1.29, 1.82) is 0 Å². The number of aromatic nitrogens is 5. The van der Waals surface area contributed by atoms with E-state index in [9.17, 15) is 0 Å². The lowest BCUT2D eigenvalue weighted by atomic mass is 9.96. The SMILES string of the molecule is CO[C@H]1CCN(c2nnc(-c3n[nH]c4c3CCCC4)n2CC(C)C)C1. The number of methoxy groups -OCH3 is 1. The molecule has 0 radical (unpaired) electrons. The van der Waals surface area contributed by atoms with Gasteiger partial charge in [0.1, 0.15) is 5.69 Å². The number of fused-ring (bicyclic) bond motifs is 1. The highest BCUT2D eigenvalue weighted by Gasteiger charge is 2.29. The summed E-state index contributed by atoms with van der Waals surface area (Å²) in [5.74, 6) is 2.38. The summed E-state index contributed by atoms with van der Waals surface area (Å²) >= 11 is 0. The van der Waals surface area contributed by atoms with Gasteiger partial charge < -0.3 is 9.64 Å². The fourth-order valence-electron chi connectivity index (χ4n) is 4.01. The van der Waals surface area contributed by atoms with Gasteiger partial charge in [-0.2, -0.15) is 5.10 Å². The van der Waals surface area contributed by atoms with Gasteiger partial charge in [-0.25, -0.2) is 0 Å². The Kier molecular flexibility index (Phi) is 4.50. The Bertz CT molecular complexity index is 734. The molecule has 1 N–H and O–H groups in total. The number of ether oxygens (including phenoxy) is 1. The average Bonchev–Trinajstić information content (AvgIpc) is 3.31. The molecule has 1 aliphatic carbocycles. The van der Waals surface area contributed by atoms with Crippen LogP contribution in [0.5, 0.6) is 0 Å². The molecular weight excluding hydrogens is 316 g/mol. The summed E-state index contributed by atoms with van der Waals surface area (Å²) in [6.07, 6.45) is 5.97. The fraction of sp³-hybridized carbons (Fsp3) is 0.722. The van der Waals surface area contributed by atoms with E-state index in [2.05, 4.69) is 43.7 Å². The molecule has 1 aliphatic heterocycles. The van der Waals surface area contributed by atoms with Gasteiger partial charge in [0.25, 0.3) is 0 Å².